The number of aromatic nitrogens is 2. The van der Waals surface area contributed by atoms with Crippen LogP contribution in [0, 0.1) is 0 Å². The van der Waals surface area contributed by atoms with Crippen molar-refractivity contribution < 1.29 is 14.6 Å². The average molecular weight is 353 g/mol. The molecule has 0 bridgehead atoms. The van der Waals surface area contributed by atoms with Gasteiger partial charge in [-0.25, -0.2) is 9.48 Å². The fourth-order valence-corrected chi connectivity index (χ4v) is 2.98. The maximum absolute atomic E-state index is 11.2. The van der Waals surface area contributed by atoms with Gasteiger partial charge in [-0.3, -0.25) is 0 Å². The Bertz CT molecular complexity index is 695. The minimum atomic E-state index is -1.16. The molecule has 0 atom stereocenters. The molecule has 0 radical (unpaired) electrons. The van der Waals surface area contributed by atoms with Crippen molar-refractivity contribution in [1.29, 1.82) is 0 Å². The molecule has 0 saturated heterocycles. The topological polar surface area (TPSA) is 64.4 Å². The average Bonchev–Trinajstić information content (AvgIpc) is 2.87. The van der Waals surface area contributed by atoms with E-state index in [1.54, 1.807) is 16.8 Å². The number of ether oxygens (including phenoxy) is 1. The molecule has 0 fully saturated rings. The van der Waals surface area contributed by atoms with Crippen molar-refractivity contribution in [1.82, 2.24) is 9.78 Å². The first kappa shape index (κ1) is 17.7. The predicted molar refractivity (Wildman–Crippen MR) is 93.7 cm³/mol. The summed E-state index contributed by atoms with van der Waals surface area (Å²) in [7, 11) is -1.16. The number of benzene rings is 1. The molecule has 0 unspecified atom stereocenters. The number of rotatable bonds is 7. The summed E-state index contributed by atoms with van der Waals surface area (Å²) < 4.78 is 7.26. The first-order valence-corrected chi connectivity index (χ1v) is 11.5. The Hall–Kier alpha value is -1.63. The number of halogens is 1. The molecule has 1 aromatic carbocycles. The van der Waals surface area contributed by atoms with E-state index < -0.39 is 14.0 Å². The standard InChI is InChI=1S/C16H21ClN2O3Si/c1-23(2,3)8-7-22-11-19-15(10-14(18-19)16(20)21)12-5-4-6-13(17)9-12/h4-6,9-10H,7-8,11H2,1-3H3,(H,20,21). The van der Waals surface area contributed by atoms with Gasteiger partial charge in [0.25, 0.3) is 0 Å². The summed E-state index contributed by atoms with van der Waals surface area (Å²) in [5.74, 6) is -1.06. The molecule has 0 aliphatic carbocycles. The van der Waals surface area contributed by atoms with Crippen LogP contribution in [0.25, 0.3) is 11.3 Å². The second-order valence-electron chi connectivity index (χ2n) is 6.58. The van der Waals surface area contributed by atoms with Gasteiger partial charge in [0.1, 0.15) is 6.73 Å². The van der Waals surface area contributed by atoms with Gasteiger partial charge in [0, 0.05) is 25.3 Å². The van der Waals surface area contributed by atoms with Crippen molar-refractivity contribution in [2.45, 2.75) is 32.4 Å². The van der Waals surface area contributed by atoms with E-state index in [0.29, 0.717) is 17.3 Å². The van der Waals surface area contributed by atoms with Crippen LogP contribution in [0.1, 0.15) is 10.5 Å². The molecular formula is C16H21ClN2O3Si. The molecule has 2 rings (SSSR count). The molecule has 0 aliphatic rings. The van der Waals surface area contributed by atoms with Crippen molar-refractivity contribution in [3.63, 3.8) is 0 Å². The Kier molecular flexibility index (Phi) is 5.62. The van der Waals surface area contributed by atoms with Crippen LogP contribution in [0.15, 0.2) is 30.3 Å². The van der Waals surface area contributed by atoms with Crippen LogP contribution < -0.4 is 0 Å². The summed E-state index contributed by atoms with van der Waals surface area (Å²) >= 11 is 6.02. The van der Waals surface area contributed by atoms with Crippen LogP contribution in [0.2, 0.25) is 30.7 Å². The summed E-state index contributed by atoms with van der Waals surface area (Å²) in [5, 5.41) is 13.9. The van der Waals surface area contributed by atoms with Gasteiger partial charge in [0.2, 0.25) is 0 Å². The van der Waals surface area contributed by atoms with E-state index in [4.69, 9.17) is 21.4 Å². The Balaban J connectivity index is 2.19. The van der Waals surface area contributed by atoms with E-state index in [9.17, 15) is 4.79 Å². The van der Waals surface area contributed by atoms with Gasteiger partial charge in [-0.15, -0.1) is 0 Å². The lowest BCUT2D eigenvalue weighted by Crippen LogP contribution is -2.22. The summed E-state index contributed by atoms with van der Waals surface area (Å²) in [6.45, 7) is 7.71. The van der Waals surface area contributed by atoms with Gasteiger partial charge in [-0.1, -0.05) is 43.4 Å². The van der Waals surface area contributed by atoms with Crippen LogP contribution in [-0.2, 0) is 11.5 Å². The third-order valence-electron chi connectivity index (χ3n) is 3.33. The normalized spacial score (nSPS) is 11.7. The van der Waals surface area contributed by atoms with E-state index in [1.165, 1.54) is 6.07 Å². The molecule has 0 spiro atoms. The summed E-state index contributed by atoms with van der Waals surface area (Å²) in [5.41, 5.74) is 1.48. The molecule has 0 aliphatic heterocycles. The number of hydrogen-bond acceptors (Lipinski definition) is 3. The highest BCUT2D eigenvalue weighted by atomic mass is 35.5. The minimum absolute atomic E-state index is 0.00577. The largest absolute Gasteiger partial charge is 0.476 e. The van der Waals surface area contributed by atoms with Gasteiger partial charge < -0.3 is 9.84 Å². The van der Waals surface area contributed by atoms with E-state index >= 15 is 0 Å². The number of nitrogens with zero attached hydrogens (tertiary/aromatic N) is 2. The van der Waals surface area contributed by atoms with E-state index in [2.05, 4.69) is 24.7 Å². The number of carboxylic acids is 1. The molecule has 1 heterocycles. The van der Waals surface area contributed by atoms with Crippen molar-refractivity contribution >= 4 is 25.6 Å². The second-order valence-corrected chi connectivity index (χ2v) is 12.6. The zero-order chi connectivity index (χ0) is 17.0. The van der Waals surface area contributed by atoms with E-state index in [1.807, 2.05) is 12.1 Å². The Morgan fingerprint density at radius 3 is 2.70 bits per heavy atom. The number of carbonyl (C=O) groups is 1. The van der Waals surface area contributed by atoms with Crippen LogP contribution in [0.4, 0.5) is 0 Å². The van der Waals surface area contributed by atoms with Gasteiger partial charge in [-0.2, -0.15) is 5.10 Å². The third kappa shape index (κ3) is 5.19. The van der Waals surface area contributed by atoms with E-state index in [0.717, 1.165) is 11.6 Å². The van der Waals surface area contributed by atoms with Crippen molar-refractivity contribution in [2.75, 3.05) is 6.61 Å². The minimum Gasteiger partial charge on any atom is -0.476 e. The Labute approximate surface area is 141 Å². The van der Waals surface area contributed by atoms with Crippen molar-refractivity contribution in [2.24, 2.45) is 0 Å². The van der Waals surface area contributed by atoms with Crippen LogP contribution in [-0.4, -0.2) is 35.5 Å². The predicted octanol–water partition coefficient (Wildman–Crippen LogP) is 4.21. The van der Waals surface area contributed by atoms with Crippen LogP contribution in [0.5, 0.6) is 0 Å². The first-order chi connectivity index (χ1) is 10.8. The SMILES string of the molecule is C[Si](C)(C)CCOCn1nc(C(=O)O)cc1-c1cccc(Cl)c1. The lowest BCUT2D eigenvalue weighted by atomic mass is 10.1. The first-order valence-electron chi connectivity index (χ1n) is 7.41. The molecular weight excluding hydrogens is 332 g/mol. The van der Waals surface area contributed by atoms with Gasteiger partial charge in [0.05, 0.1) is 5.69 Å². The zero-order valence-electron chi connectivity index (χ0n) is 13.5. The lowest BCUT2D eigenvalue weighted by Gasteiger charge is -2.16. The third-order valence-corrected chi connectivity index (χ3v) is 5.27. The maximum Gasteiger partial charge on any atom is 0.356 e. The highest BCUT2D eigenvalue weighted by Gasteiger charge is 2.16. The quantitative estimate of drug-likeness (QED) is 0.598. The Morgan fingerprint density at radius 2 is 2.09 bits per heavy atom. The molecule has 7 heteroatoms. The molecule has 1 N–H and O–H groups in total. The highest BCUT2D eigenvalue weighted by molar-refractivity contribution is 6.76. The fourth-order valence-electron chi connectivity index (χ4n) is 2.03. The number of hydrogen-bond donors (Lipinski definition) is 1. The molecule has 124 valence electrons. The summed E-state index contributed by atoms with van der Waals surface area (Å²) in [4.78, 5) is 11.2. The summed E-state index contributed by atoms with van der Waals surface area (Å²) in [6.07, 6.45) is 0. The van der Waals surface area contributed by atoms with Gasteiger partial charge in [-0.05, 0) is 24.2 Å². The Morgan fingerprint density at radius 1 is 1.35 bits per heavy atom. The molecule has 1 aromatic heterocycles. The smallest absolute Gasteiger partial charge is 0.356 e. The molecule has 0 saturated carbocycles. The van der Waals surface area contributed by atoms with Gasteiger partial charge >= 0.3 is 5.97 Å². The van der Waals surface area contributed by atoms with Crippen LogP contribution in [0.3, 0.4) is 0 Å². The zero-order valence-corrected chi connectivity index (χ0v) is 15.3. The molecule has 23 heavy (non-hydrogen) atoms. The number of carboxylic acid groups (broad SMARTS) is 1. The monoisotopic (exact) mass is 352 g/mol. The fraction of sp³-hybridized carbons (Fsp3) is 0.375. The second kappa shape index (κ2) is 7.29. The maximum atomic E-state index is 11.2. The highest BCUT2D eigenvalue weighted by Crippen LogP contribution is 2.24. The molecule has 2 aromatic rings. The van der Waals surface area contributed by atoms with Crippen LogP contribution >= 0.6 is 11.6 Å². The van der Waals surface area contributed by atoms with Gasteiger partial charge in [0.15, 0.2) is 5.69 Å². The van der Waals surface area contributed by atoms with E-state index in [-0.39, 0.29) is 12.4 Å². The van der Waals surface area contributed by atoms with Crippen molar-refractivity contribution in [3.8, 4) is 11.3 Å². The summed E-state index contributed by atoms with van der Waals surface area (Å²) in [6, 6.07) is 9.83. The van der Waals surface area contributed by atoms with Crippen molar-refractivity contribution in [3.05, 3.63) is 41.0 Å². The lowest BCUT2D eigenvalue weighted by molar-refractivity contribution is 0.0673. The molecule has 0 amide bonds. The molecule has 5 nitrogen and oxygen atoms in total. The number of aromatic carboxylic acids is 1.